The summed E-state index contributed by atoms with van der Waals surface area (Å²) < 4.78 is 0. The molecule has 2 aromatic rings. The van der Waals surface area contributed by atoms with Gasteiger partial charge in [-0.15, -0.1) is 10.2 Å². The quantitative estimate of drug-likeness (QED) is 0.842. The molecule has 0 radical (unpaired) electrons. The lowest BCUT2D eigenvalue weighted by Gasteiger charge is -2.31. The normalized spacial score (nSPS) is 15.1. The van der Waals surface area contributed by atoms with E-state index >= 15 is 0 Å². The number of likely N-dealkylation sites (tertiary alicyclic amines) is 1. The Labute approximate surface area is 161 Å². The van der Waals surface area contributed by atoms with E-state index in [2.05, 4.69) is 22.4 Å². The fraction of sp³-hybridized carbons (Fsp3) is 0.444. The van der Waals surface area contributed by atoms with E-state index in [9.17, 15) is 9.59 Å². The zero-order valence-electron chi connectivity index (χ0n) is 14.6. The smallest absolute Gasteiger partial charge is 0.253 e. The molecule has 0 unspecified atom stereocenters. The SMILES string of the molecule is CCCc1nnc(NC(=O)C2CCN(C(=O)c3ccc(Cl)cc3)CC2)s1. The van der Waals surface area contributed by atoms with Crippen molar-refractivity contribution in [1.29, 1.82) is 0 Å². The molecule has 1 aliphatic rings. The predicted octanol–water partition coefficient (Wildman–Crippen LogP) is 3.63. The Hall–Kier alpha value is -1.99. The lowest BCUT2D eigenvalue weighted by molar-refractivity contribution is -0.121. The van der Waals surface area contributed by atoms with E-state index in [1.165, 1.54) is 11.3 Å². The van der Waals surface area contributed by atoms with Crippen LogP contribution in [0.15, 0.2) is 24.3 Å². The molecule has 6 nitrogen and oxygen atoms in total. The third kappa shape index (κ3) is 4.59. The Bertz CT molecular complexity index is 770. The maximum Gasteiger partial charge on any atom is 0.253 e. The highest BCUT2D eigenvalue weighted by Crippen LogP contribution is 2.23. The first kappa shape index (κ1) is 18.8. The predicted molar refractivity (Wildman–Crippen MR) is 103 cm³/mol. The molecule has 26 heavy (non-hydrogen) atoms. The second-order valence-electron chi connectivity index (χ2n) is 6.31. The maximum absolute atomic E-state index is 12.5. The summed E-state index contributed by atoms with van der Waals surface area (Å²) in [5.74, 6) is -0.167. The van der Waals surface area contributed by atoms with E-state index in [0.717, 1.165) is 17.8 Å². The molecule has 0 atom stereocenters. The molecule has 138 valence electrons. The van der Waals surface area contributed by atoms with Crippen LogP contribution < -0.4 is 5.32 Å². The van der Waals surface area contributed by atoms with Gasteiger partial charge >= 0.3 is 0 Å². The minimum Gasteiger partial charge on any atom is -0.339 e. The van der Waals surface area contributed by atoms with Crippen molar-refractivity contribution < 1.29 is 9.59 Å². The number of nitrogens with one attached hydrogen (secondary N) is 1. The first-order valence-corrected chi connectivity index (χ1v) is 9.94. The van der Waals surface area contributed by atoms with Gasteiger partial charge in [0.05, 0.1) is 0 Å². The molecule has 8 heteroatoms. The van der Waals surface area contributed by atoms with Gasteiger partial charge in [0.1, 0.15) is 5.01 Å². The van der Waals surface area contributed by atoms with Crippen molar-refractivity contribution in [2.75, 3.05) is 18.4 Å². The molecular formula is C18H21ClN4O2S. The molecule has 1 aliphatic heterocycles. The molecule has 0 saturated carbocycles. The molecule has 3 rings (SSSR count). The summed E-state index contributed by atoms with van der Waals surface area (Å²) in [5, 5.41) is 13.0. The molecule has 0 bridgehead atoms. The Kier molecular flexibility index (Phi) is 6.21. The van der Waals surface area contributed by atoms with Crippen molar-refractivity contribution in [3.63, 3.8) is 0 Å². The number of hydrogen-bond donors (Lipinski definition) is 1. The van der Waals surface area contributed by atoms with Crippen LogP contribution in [0.3, 0.4) is 0 Å². The van der Waals surface area contributed by atoms with Crippen LogP contribution >= 0.6 is 22.9 Å². The summed E-state index contributed by atoms with van der Waals surface area (Å²) >= 11 is 7.29. The van der Waals surface area contributed by atoms with Crippen LogP contribution in [0.25, 0.3) is 0 Å². The zero-order valence-corrected chi connectivity index (χ0v) is 16.1. The highest BCUT2D eigenvalue weighted by Gasteiger charge is 2.28. The molecule has 2 amide bonds. The number of rotatable bonds is 5. The third-order valence-electron chi connectivity index (χ3n) is 4.40. The second kappa shape index (κ2) is 8.60. The van der Waals surface area contributed by atoms with Crippen molar-refractivity contribution in [2.24, 2.45) is 5.92 Å². The highest BCUT2D eigenvalue weighted by atomic mass is 35.5. The van der Waals surface area contributed by atoms with Crippen LogP contribution in [0.2, 0.25) is 5.02 Å². The summed E-state index contributed by atoms with van der Waals surface area (Å²) in [7, 11) is 0. The van der Waals surface area contributed by atoms with E-state index < -0.39 is 0 Å². The molecule has 1 N–H and O–H groups in total. The molecule has 0 aliphatic carbocycles. The summed E-state index contributed by atoms with van der Waals surface area (Å²) in [6.45, 7) is 3.21. The summed E-state index contributed by atoms with van der Waals surface area (Å²) in [6.07, 6.45) is 3.17. The zero-order chi connectivity index (χ0) is 18.5. The van der Waals surface area contributed by atoms with Crippen molar-refractivity contribution in [2.45, 2.75) is 32.6 Å². The number of anilines is 1. The van der Waals surface area contributed by atoms with Gasteiger partial charge < -0.3 is 10.2 Å². The lowest BCUT2D eigenvalue weighted by Crippen LogP contribution is -2.41. The Morgan fingerprint density at radius 1 is 1.23 bits per heavy atom. The van der Waals surface area contributed by atoms with Crippen LogP contribution in [0.4, 0.5) is 5.13 Å². The van der Waals surface area contributed by atoms with Gasteiger partial charge in [0.25, 0.3) is 5.91 Å². The molecular weight excluding hydrogens is 372 g/mol. The van der Waals surface area contributed by atoms with E-state index in [-0.39, 0.29) is 17.7 Å². The van der Waals surface area contributed by atoms with Gasteiger partial charge in [-0.1, -0.05) is 29.9 Å². The largest absolute Gasteiger partial charge is 0.339 e. The highest BCUT2D eigenvalue weighted by molar-refractivity contribution is 7.15. The standard InChI is InChI=1S/C18H21ClN4O2S/c1-2-3-15-21-22-18(26-15)20-16(24)12-8-10-23(11-9-12)17(25)13-4-6-14(19)7-5-13/h4-7,12H,2-3,8-11H2,1H3,(H,20,22,24). The number of aromatic nitrogens is 2. The van der Waals surface area contributed by atoms with E-state index in [1.807, 2.05) is 0 Å². The van der Waals surface area contributed by atoms with Crippen LogP contribution in [-0.4, -0.2) is 40.0 Å². The van der Waals surface area contributed by atoms with Gasteiger partial charge in [0.2, 0.25) is 11.0 Å². The first-order chi connectivity index (χ1) is 12.6. The van der Waals surface area contributed by atoms with Gasteiger partial charge in [0, 0.05) is 36.0 Å². The summed E-state index contributed by atoms with van der Waals surface area (Å²) in [6, 6.07) is 6.88. The average molecular weight is 393 g/mol. The fourth-order valence-electron chi connectivity index (χ4n) is 2.95. The third-order valence-corrected chi connectivity index (χ3v) is 5.56. The number of nitrogens with zero attached hydrogens (tertiary/aromatic N) is 3. The molecule has 1 fully saturated rings. The first-order valence-electron chi connectivity index (χ1n) is 8.75. The van der Waals surface area contributed by atoms with Crippen LogP contribution in [0.1, 0.15) is 41.6 Å². The van der Waals surface area contributed by atoms with Gasteiger partial charge in [0.15, 0.2) is 0 Å². The maximum atomic E-state index is 12.5. The van der Waals surface area contributed by atoms with Crippen molar-refractivity contribution >= 4 is 39.9 Å². The van der Waals surface area contributed by atoms with Crippen LogP contribution in [-0.2, 0) is 11.2 Å². The number of amides is 2. The Morgan fingerprint density at radius 2 is 1.92 bits per heavy atom. The van der Waals surface area contributed by atoms with Crippen LogP contribution in [0.5, 0.6) is 0 Å². The minimum atomic E-state index is -0.109. The van der Waals surface area contributed by atoms with Crippen molar-refractivity contribution in [1.82, 2.24) is 15.1 Å². The van der Waals surface area contributed by atoms with Gasteiger partial charge in [-0.2, -0.15) is 0 Å². The number of hydrogen-bond acceptors (Lipinski definition) is 5. The summed E-state index contributed by atoms with van der Waals surface area (Å²) in [4.78, 5) is 26.7. The Balaban J connectivity index is 1.51. The van der Waals surface area contributed by atoms with E-state index in [1.54, 1.807) is 29.2 Å². The van der Waals surface area contributed by atoms with Gasteiger partial charge in [-0.05, 0) is 43.5 Å². The molecule has 1 saturated heterocycles. The second-order valence-corrected chi connectivity index (χ2v) is 7.81. The number of halogens is 1. The molecule has 1 aromatic heterocycles. The van der Waals surface area contributed by atoms with E-state index in [4.69, 9.17) is 11.6 Å². The lowest BCUT2D eigenvalue weighted by atomic mass is 9.95. The fourth-order valence-corrected chi connectivity index (χ4v) is 3.92. The monoisotopic (exact) mass is 392 g/mol. The Morgan fingerprint density at radius 3 is 2.58 bits per heavy atom. The van der Waals surface area contributed by atoms with Crippen molar-refractivity contribution in [3.05, 3.63) is 39.9 Å². The molecule has 0 spiro atoms. The average Bonchev–Trinajstić information content (AvgIpc) is 3.09. The molecule has 1 aromatic carbocycles. The minimum absolute atomic E-state index is 0.0196. The van der Waals surface area contributed by atoms with E-state index in [0.29, 0.717) is 41.6 Å². The van der Waals surface area contributed by atoms with Crippen molar-refractivity contribution in [3.8, 4) is 0 Å². The number of carbonyl (C=O) groups is 2. The topological polar surface area (TPSA) is 75.2 Å². The summed E-state index contributed by atoms with van der Waals surface area (Å²) in [5.41, 5.74) is 0.620. The van der Waals surface area contributed by atoms with Gasteiger partial charge in [-0.3, -0.25) is 9.59 Å². The number of benzene rings is 1. The number of carbonyl (C=O) groups excluding carboxylic acids is 2. The number of piperidine rings is 1. The number of aryl methyl sites for hydroxylation is 1. The van der Waals surface area contributed by atoms with Crippen LogP contribution in [0, 0.1) is 5.92 Å². The molecule has 2 heterocycles. The van der Waals surface area contributed by atoms with Gasteiger partial charge in [-0.25, -0.2) is 0 Å².